The molecule has 0 aliphatic carbocycles. The summed E-state index contributed by atoms with van der Waals surface area (Å²) in [6.45, 7) is 0. The molecule has 0 atom stereocenters. The molecule has 118 valence electrons. The smallest absolute Gasteiger partial charge is 0.216 e. The van der Waals surface area contributed by atoms with E-state index < -0.39 is 0 Å². The van der Waals surface area contributed by atoms with Crippen LogP contribution in [0.1, 0.15) is 5.82 Å². The van der Waals surface area contributed by atoms with Crippen molar-refractivity contribution in [1.29, 1.82) is 5.26 Å². The van der Waals surface area contributed by atoms with Crippen LogP contribution in [-0.4, -0.2) is 20.6 Å². The highest BCUT2D eigenvalue weighted by atomic mass is 35.5. The van der Waals surface area contributed by atoms with Crippen molar-refractivity contribution in [3.8, 4) is 17.6 Å². The second kappa shape index (κ2) is 7.26. The first kappa shape index (κ1) is 15.5. The van der Waals surface area contributed by atoms with E-state index >= 15 is 0 Å². The molecule has 0 fully saturated rings. The van der Waals surface area contributed by atoms with Crippen LogP contribution in [0.2, 0.25) is 5.02 Å². The molecule has 2 aromatic carbocycles. The molecule has 3 rings (SSSR count). The number of benzene rings is 2. The van der Waals surface area contributed by atoms with E-state index in [4.69, 9.17) is 16.3 Å². The van der Waals surface area contributed by atoms with E-state index in [-0.39, 0.29) is 11.4 Å². The maximum absolute atomic E-state index is 9.19. The molecule has 0 saturated carbocycles. The summed E-state index contributed by atoms with van der Waals surface area (Å²) in [5, 5.41) is 26.1. The molecule has 7 nitrogen and oxygen atoms in total. The van der Waals surface area contributed by atoms with Crippen molar-refractivity contribution in [2.24, 2.45) is 0 Å². The van der Waals surface area contributed by atoms with E-state index in [2.05, 4.69) is 25.9 Å². The molecular weight excluding hydrogens is 328 g/mol. The molecule has 1 aromatic heterocycles. The summed E-state index contributed by atoms with van der Waals surface area (Å²) in [5.41, 5.74) is 0.912. The largest absolute Gasteiger partial charge is 0.455 e. The number of aromatic nitrogens is 4. The maximum atomic E-state index is 9.19. The van der Waals surface area contributed by atoms with Gasteiger partial charge in [-0.2, -0.15) is 10.5 Å². The van der Waals surface area contributed by atoms with Gasteiger partial charge in [0, 0.05) is 11.2 Å². The van der Waals surface area contributed by atoms with E-state index in [1.807, 2.05) is 24.3 Å². The first-order chi connectivity index (χ1) is 11.8. The Morgan fingerprint density at radius 3 is 2.88 bits per heavy atom. The van der Waals surface area contributed by atoms with Gasteiger partial charge in [0.15, 0.2) is 5.75 Å². The number of H-pyrrole nitrogens is 1. The van der Waals surface area contributed by atoms with Crippen LogP contribution >= 0.6 is 11.6 Å². The third-order valence-electron chi connectivity index (χ3n) is 2.99. The van der Waals surface area contributed by atoms with Gasteiger partial charge in [-0.05, 0) is 35.5 Å². The van der Waals surface area contributed by atoms with Gasteiger partial charge in [0.2, 0.25) is 5.82 Å². The summed E-state index contributed by atoms with van der Waals surface area (Å²) >= 11 is 5.97. The van der Waals surface area contributed by atoms with Gasteiger partial charge in [-0.15, -0.1) is 10.2 Å². The number of nitrogens with one attached hydrogen (secondary N) is 2. The van der Waals surface area contributed by atoms with E-state index in [9.17, 15) is 5.26 Å². The molecule has 3 aromatic rings. The zero-order valence-corrected chi connectivity index (χ0v) is 13.0. The first-order valence-corrected chi connectivity index (χ1v) is 7.27. The number of ether oxygens (including phenoxy) is 1. The average Bonchev–Trinajstić information content (AvgIpc) is 3.11. The summed E-state index contributed by atoms with van der Waals surface area (Å²) in [5.74, 6) is 1.40. The van der Waals surface area contributed by atoms with Crippen molar-refractivity contribution < 1.29 is 4.74 Å². The Morgan fingerprint density at radius 2 is 2.12 bits per heavy atom. The lowest BCUT2D eigenvalue weighted by molar-refractivity contribution is 0.485. The number of halogens is 1. The Hall–Kier alpha value is -3.37. The van der Waals surface area contributed by atoms with Crippen LogP contribution in [0, 0.1) is 11.3 Å². The molecule has 1 heterocycles. The van der Waals surface area contributed by atoms with Crippen molar-refractivity contribution in [3.05, 3.63) is 65.6 Å². The van der Waals surface area contributed by atoms with E-state index in [1.54, 1.807) is 30.3 Å². The fourth-order valence-corrected chi connectivity index (χ4v) is 2.09. The minimum atomic E-state index is 0.207. The van der Waals surface area contributed by atoms with Crippen LogP contribution in [0.4, 0.5) is 5.69 Å². The minimum Gasteiger partial charge on any atom is -0.455 e. The fourth-order valence-electron chi connectivity index (χ4n) is 1.90. The molecule has 0 aliphatic heterocycles. The van der Waals surface area contributed by atoms with Crippen LogP contribution < -0.4 is 10.1 Å². The zero-order valence-electron chi connectivity index (χ0n) is 12.3. The van der Waals surface area contributed by atoms with E-state index in [0.717, 1.165) is 0 Å². The molecule has 0 aliphatic rings. The molecule has 8 heteroatoms. The second-order valence-electron chi connectivity index (χ2n) is 4.61. The Labute approximate surface area is 142 Å². The first-order valence-electron chi connectivity index (χ1n) is 6.89. The average molecular weight is 339 g/mol. The number of rotatable bonds is 5. The summed E-state index contributed by atoms with van der Waals surface area (Å²) in [7, 11) is 0. The van der Waals surface area contributed by atoms with Crippen molar-refractivity contribution in [1.82, 2.24) is 20.6 Å². The predicted octanol–water partition coefficient (Wildman–Crippen LogP) is 3.62. The number of allylic oxidation sites excluding steroid dienone is 1. The third-order valence-corrected chi connectivity index (χ3v) is 3.22. The summed E-state index contributed by atoms with van der Waals surface area (Å²) < 4.78 is 5.84. The number of anilines is 1. The molecule has 24 heavy (non-hydrogen) atoms. The highest BCUT2D eigenvalue weighted by Gasteiger charge is 2.07. The van der Waals surface area contributed by atoms with E-state index in [0.29, 0.717) is 22.2 Å². The number of aromatic amines is 1. The van der Waals surface area contributed by atoms with Crippen molar-refractivity contribution in [2.45, 2.75) is 0 Å². The lowest BCUT2D eigenvalue weighted by Crippen LogP contribution is -1.95. The summed E-state index contributed by atoms with van der Waals surface area (Å²) in [6.07, 6.45) is 1.49. The highest BCUT2D eigenvalue weighted by molar-refractivity contribution is 6.30. The van der Waals surface area contributed by atoms with Gasteiger partial charge >= 0.3 is 0 Å². The molecule has 0 radical (unpaired) electrons. The molecule has 0 unspecified atom stereocenters. The van der Waals surface area contributed by atoms with Gasteiger partial charge in [-0.25, -0.2) is 0 Å². The molecule has 0 bridgehead atoms. The predicted molar refractivity (Wildman–Crippen MR) is 89.4 cm³/mol. The Morgan fingerprint density at radius 1 is 1.25 bits per heavy atom. The molecular formula is C16H11ClN6O. The summed E-state index contributed by atoms with van der Waals surface area (Å²) in [6, 6.07) is 16.4. The van der Waals surface area contributed by atoms with Crippen LogP contribution in [-0.2, 0) is 0 Å². The van der Waals surface area contributed by atoms with Gasteiger partial charge in [-0.1, -0.05) is 29.8 Å². The van der Waals surface area contributed by atoms with Gasteiger partial charge in [0.1, 0.15) is 17.4 Å². The maximum Gasteiger partial charge on any atom is 0.216 e. The number of para-hydroxylation sites is 2. The normalized spacial score (nSPS) is 10.9. The van der Waals surface area contributed by atoms with Crippen LogP contribution in [0.5, 0.6) is 11.5 Å². The topological polar surface area (TPSA) is 99.5 Å². The zero-order chi connectivity index (χ0) is 16.8. The lowest BCUT2D eigenvalue weighted by Gasteiger charge is -2.11. The van der Waals surface area contributed by atoms with Crippen LogP contribution in [0.25, 0.3) is 5.57 Å². The second-order valence-corrected chi connectivity index (χ2v) is 5.04. The van der Waals surface area contributed by atoms with Gasteiger partial charge in [0.05, 0.1) is 5.69 Å². The number of nitriles is 1. The fraction of sp³-hybridized carbons (Fsp3) is 0. The summed E-state index contributed by atoms with van der Waals surface area (Å²) in [4.78, 5) is 0. The standard InChI is InChI=1S/C16H11ClN6O/c17-12-4-3-5-13(8-12)24-15-7-2-1-6-14(15)19-10-11(9-18)16-20-22-23-21-16/h1-8,10,19H,(H,20,21,22,23). The number of tetrazole rings is 1. The minimum absolute atomic E-state index is 0.207. The quantitative estimate of drug-likeness (QED) is 0.689. The van der Waals surface area contributed by atoms with Crippen molar-refractivity contribution in [2.75, 3.05) is 5.32 Å². The van der Waals surface area contributed by atoms with Crippen LogP contribution in [0.15, 0.2) is 54.7 Å². The molecule has 0 saturated heterocycles. The molecule has 2 N–H and O–H groups in total. The Balaban J connectivity index is 1.83. The van der Waals surface area contributed by atoms with Crippen LogP contribution in [0.3, 0.4) is 0 Å². The monoisotopic (exact) mass is 338 g/mol. The van der Waals surface area contributed by atoms with Crippen molar-refractivity contribution >= 4 is 22.9 Å². The van der Waals surface area contributed by atoms with Gasteiger partial charge in [0.25, 0.3) is 0 Å². The lowest BCUT2D eigenvalue weighted by atomic mass is 10.2. The highest BCUT2D eigenvalue weighted by Crippen LogP contribution is 2.30. The SMILES string of the molecule is N#CC(=CNc1ccccc1Oc1cccc(Cl)c1)c1nn[nH]n1. The van der Waals surface area contributed by atoms with Crippen molar-refractivity contribution in [3.63, 3.8) is 0 Å². The number of hydrogen-bond donors (Lipinski definition) is 2. The molecule has 0 spiro atoms. The Bertz CT molecular complexity index is 901. The Kier molecular flexibility index (Phi) is 4.70. The van der Waals surface area contributed by atoms with Gasteiger partial charge < -0.3 is 10.1 Å². The van der Waals surface area contributed by atoms with E-state index in [1.165, 1.54) is 6.20 Å². The molecule has 0 amide bonds. The van der Waals surface area contributed by atoms with Gasteiger partial charge in [-0.3, -0.25) is 0 Å². The third kappa shape index (κ3) is 3.69. The number of nitrogens with zero attached hydrogens (tertiary/aromatic N) is 4. The number of hydrogen-bond acceptors (Lipinski definition) is 6.